The van der Waals surface area contributed by atoms with Crippen molar-refractivity contribution >= 4 is 11.6 Å². The van der Waals surface area contributed by atoms with Crippen molar-refractivity contribution in [2.75, 3.05) is 0 Å². The van der Waals surface area contributed by atoms with Crippen LogP contribution in [-0.4, -0.2) is 4.98 Å². The minimum Gasteiger partial charge on any atom is -0.239 e. The molecular formula is C14H11ClN2. The summed E-state index contributed by atoms with van der Waals surface area (Å²) in [6.45, 7) is 1.94. The molecule has 0 aliphatic heterocycles. The summed E-state index contributed by atoms with van der Waals surface area (Å²) in [6, 6.07) is 15.5. The summed E-state index contributed by atoms with van der Waals surface area (Å²) in [5.74, 6) is -0.366. The third-order valence-corrected chi connectivity index (χ3v) is 2.85. The normalized spacial score (nSPS) is 11.8. The van der Waals surface area contributed by atoms with Gasteiger partial charge in [-0.3, -0.25) is 0 Å². The van der Waals surface area contributed by atoms with Gasteiger partial charge in [-0.05, 0) is 24.1 Å². The highest BCUT2D eigenvalue weighted by molar-refractivity contribution is 6.29. The molecule has 1 aromatic carbocycles. The fourth-order valence-electron chi connectivity index (χ4n) is 1.75. The molecule has 0 spiro atoms. The van der Waals surface area contributed by atoms with Crippen LogP contribution >= 0.6 is 11.6 Å². The summed E-state index contributed by atoms with van der Waals surface area (Å²) < 4.78 is 0. The monoisotopic (exact) mass is 242 g/mol. The summed E-state index contributed by atoms with van der Waals surface area (Å²) in [5, 5.41) is 9.73. The molecule has 0 bridgehead atoms. The van der Waals surface area contributed by atoms with Gasteiger partial charge in [0.2, 0.25) is 0 Å². The lowest BCUT2D eigenvalue weighted by Crippen LogP contribution is -2.03. The van der Waals surface area contributed by atoms with E-state index in [1.165, 1.54) is 0 Å². The van der Waals surface area contributed by atoms with E-state index in [1.807, 2.05) is 43.3 Å². The molecule has 0 fully saturated rings. The molecule has 1 heterocycles. The Morgan fingerprint density at radius 3 is 2.53 bits per heavy atom. The number of nitriles is 1. The molecule has 2 aromatic rings. The maximum Gasteiger partial charge on any atom is 0.129 e. The minimum atomic E-state index is -0.366. The van der Waals surface area contributed by atoms with E-state index >= 15 is 0 Å². The maximum absolute atomic E-state index is 9.32. The quantitative estimate of drug-likeness (QED) is 0.753. The molecule has 0 N–H and O–H groups in total. The molecule has 0 saturated heterocycles. The molecule has 2 rings (SSSR count). The number of aryl methyl sites for hydroxylation is 1. The first kappa shape index (κ1) is 11.6. The molecule has 0 saturated carbocycles. The molecule has 0 radical (unpaired) electrons. The van der Waals surface area contributed by atoms with Gasteiger partial charge in [-0.2, -0.15) is 5.26 Å². The molecule has 0 aliphatic carbocycles. The van der Waals surface area contributed by atoms with E-state index < -0.39 is 0 Å². The van der Waals surface area contributed by atoms with Crippen molar-refractivity contribution in [1.29, 1.82) is 5.26 Å². The van der Waals surface area contributed by atoms with E-state index in [-0.39, 0.29) is 5.92 Å². The Balaban J connectivity index is 2.51. The van der Waals surface area contributed by atoms with Crippen LogP contribution in [-0.2, 0) is 0 Å². The predicted molar refractivity (Wildman–Crippen MR) is 67.9 cm³/mol. The first-order valence-electron chi connectivity index (χ1n) is 5.30. The molecule has 1 unspecified atom stereocenters. The van der Waals surface area contributed by atoms with Gasteiger partial charge in [0.05, 0.1) is 11.8 Å². The van der Waals surface area contributed by atoms with E-state index in [9.17, 15) is 5.26 Å². The summed E-state index contributed by atoms with van der Waals surface area (Å²) in [7, 11) is 0. The highest BCUT2D eigenvalue weighted by Crippen LogP contribution is 2.25. The molecule has 0 amide bonds. The van der Waals surface area contributed by atoms with Gasteiger partial charge in [0.25, 0.3) is 0 Å². The summed E-state index contributed by atoms with van der Waals surface area (Å²) in [6.07, 6.45) is 0. The zero-order chi connectivity index (χ0) is 12.3. The lowest BCUT2D eigenvalue weighted by molar-refractivity contribution is 0.946. The van der Waals surface area contributed by atoms with Gasteiger partial charge in [0.1, 0.15) is 11.1 Å². The lowest BCUT2D eigenvalue weighted by atomic mass is 9.94. The molecule has 1 atom stereocenters. The number of hydrogen-bond acceptors (Lipinski definition) is 2. The number of halogens is 1. The van der Waals surface area contributed by atoms with Crippen LogP contribution in [0.5, 0.6) is 0 Å². The Morgan fingerprint density at radius 1 is 1.18 bits per heavy atom. The van der Waals surface area contributed by atoms with Crippen molar-refractivity contribution in [3.05, 3.63) is 64.4 Å². The second-order valence-electron chi connectivity index (χ2n) is 3.81. The Morgan fingerprint density at radius 2 is 1.88 bits per heavy atom. The fourth-order valence-corrected chi connectivity index (χ4v) is 1.90. The van der Waals surface area contributed by atoms with Gasteiger partial charge in [-0.25, -0.2) is 4.98 Å². The van der Waals surface area contributed by atoms with E-state index in [0.29, 0.717) is 5.15 Å². The molecule has 2 nitrogen and oxygen atoms in total. The first-order valence-corrected chi connectivity index (χ1v) is 5.68. The topological polar surface area (TPSA) is 36.7 Å². The zero-order valence-corrected chi connectivity index (χ0v) is 10.1. The van der Waals surface area contributed by atoms with E-state index in [4.69, 9.17) is 11.6 Å². The zero-order valence-electron chi connectivity index (χ0n) is 9.39. The smallest absolute Gasteiger partial charge is 0.129 e. The van der Waals surface area contributed by atoms with Gasteiger partial charge in [-0.1, -0.05) is 48.0 Å². The minimum absolute atomic E-state index is 0.366. The van der Waals surface area contributed by atoms with Crippen LogP contribution in [0.25, 0.3) is 0 Å². The second-order valence-corrected chi connectivity index (χ2v) is 4.20. The average Bonchev–Trinajstić information content (AvgIpc) is 2.36. The maximum atomic E-state index is 9.32. The van der Waals surface area contributed by atoms with Gasteiger partial charge in [-0.15, -0.1) is 0 Å². The molecule has 84 valence electrons. The highest BCUT2D eigenvalue weighted by atomic mass is 35.5. The van der Waals surface area contributed by atoms with Crippen LogP contribution in [0, 0.1) is 18.3 Å². The number of nitrogens with zero attached hydrogens (tertiary/aromatic N) is 2. The van der Waals surface area contributed by atoms with Gasteiger partial charge in [0.15, 0.2) is 0 Å². The fraction of sp³-hybridized carbons (Fsp3) is 0.143. The van der Waals surface area contributed by atoms with Crippen molar-refractivity contribution in [3.63, 3.8) is 0 Å². The number of rotatable bonds is 2. The van der Waals surface area contributed by atoms with Gasteiger partial charge in [0, 0.05) is 0 Å². The number of hydrogen-bond donors (Lipinski definition) is 0. The van der Waals surface area contributed by atoms with Crippen LogP contribution in [0.2, 0.25) is 5.15 Å². The molecule has 17 heavy (non-hydrogen) atoms. The summed E-state index contributed by atoms with van der Waals surface area (Å²) >= 11 is 5.88. The van der Waals surface area contributed by atoms with Gasteiger partial charge < -0.3 is 0 Å². The van der Waals surface area contributed by atoms with E-state index in [2.05, 4.69) is 11.1 Å². The summed E-state index contributed by atoms with van der Waals surface area (Å²) in [5.41, 5.74) is 2.64. The van der Waals surface area contributed by atoms with E-state index in [1.54, 1.807) is 6.07 Å². The second kappa shape index (κ2) is 4.99. The van der Waals surface area contributed by atoms with E-state index in [0.717, 1.165) is 16.8 Å². The van der Waals surface area contributed by atoms with Crippen LogP contribution in [0.3, 0.4) is 0 Å². The summed E-state index contributed by atoms with van der Waals surface area (Å²) in [4.78, 5) is 4.26. The molecular weight excluding hydrogens is 232 g/mol. The Bertz CT molecular complexity index is 558. The standard InChI is InChI=1S/C14H11ClN2/c1-10-7-8-13(15)17-14(10)12(9-16)11-5-3-2-4-6-11/h2-8,12H,1H3. The van der Waals surface area contributed by atoms with Crippen LogP contribution in [0.1, 0.15) is 22.7 Å². The van der Waals surface area contributed by atoms with Crippen LogP contribution in [0.4, 0.5) is 0 Å². The van der Waals surface area contributed by atoms with Crippen molar-refractivity contribution in [3.8, 4) is 6.07 Å². The Hall–Kier alpha value is -1.85. The first-order chi connectivity index (χ1) is 8.22. The van der Waals surface area contributed by atoms with Gasteiger partial charge >= 0.3 is 0 Å². The number of aromatic nitrogens is 1. The van der Waals surface area contributed by atoms with Crippen molar-refractivity contribution in [2.24, 2.45) is 0 Å². The number of benzene rings is 1. The average molecular weight is 243 g/mol. The van der Waals surface area contributed by atoms with Crippen molar-refractivity contribution in [1.82, 2.24) is 4.98 Å². The molecule has 0 aliphatic rings. The van der Waals surface area contributed by atoms with Crippen LogP contribution in [0.15, 0.2) is 42.5 Å². The van der Waals surface area contributed by atoms with Crippen molar-refractivity contribution in [2.45, 2.75) is 12.8 Å². The third kappa shape index (κ3) is 2.46. The predicted octanol–water partition coefficient (Wildman–Crippen LogP) is 3.70. The lowest BCUT2D eigenvalue weighted by Gasteiger charge is -2.11. The number of pyridine rings is 1. The SMILES string of the molecule is Cc1ccc(Cl)nc1C(C#N)c1ccccc1. The molecule has 3 heteroatoms. The Kier molecular flexibility index (Phi) is 3.41. The highest BCUT2D eigenvalue weighted by Gasteiger charge is 2.17. The largest absolute Gasteiger partial charge is 0.239 e. The molecule has 1 aromatic heterocycles. The van der Waals surface area contributed by atoms with Crippen LogP contribution < -0.4 is 0 Å². The van der Waals surface area contributed by atoms with Crippen molar-refractivity contribution < 1.29 is 0 Å². The third-order valence-electron chi connectivity index (χ3n) is 2.64. The Labute approximate surface area is 105 Å².